The Morgan fingerprint density at radius 1 is 1.14 bits per heavy atom. The van der Waals surface area contributed by atoms with Crippen LogP contribution in [0.4, 0.5) is 8.78 Å². The fourth-order valence-corrected chi connectivity index (χ4v) is 7.36. The summed E-state index contributed by atoms with van der Waals surface area (Å²) in [6.45, 7) is 0.222. The van der Waals surface area contributed by atoms with Crippen LogP contribution >= 0.6 is 11.6 Å². The zero-order chi connectivity index (χ0) is 20.1. The third kappa shape index (κ3) is 2.67. The number of benzene rings is 2. The fourth-order valence-electron chi connectivity index (χ4n) is 4.79. The molecule has 0 amide bonds. The second-order valence-electron chi connectivity index (χ2n) is 7.39. The Kier molecular flexibility index (Phi) is 4.88. The van der Waals surface area contributed by atoms with Gasteiger partial charge in [0.1, 0.15) is 10.6 Å². The second kappa shape index (κ2) is 6.97. The molecule has 28 heavy (non-hydrogen) atoms. The molecule has 1 saturated carbocycles. The molecule has 2 aromatic rings. The fraction of sp³-hybridized carbons (Fsp3) is 0.400. The molecule has 2 N–H and O–H groups in total. The van der Waals surface area contributed by atoms with Gasteiger partial charge in [0.15, 0.2) is 21.4 Å². The van der Waals surface area contributed by atoms with Crippen LogP contribution in [0.25, 0.3) is 0 Å². The van der Waals surface area contributed by atoms with Gasteiger partial charge < -0.3 is 10.5 Å². The molecule has 1 aliphatic carbocycles. The minimum atomic E-state index is -4.10. The second-order valence-corrected chi connectivity index (χ2v) is 10.0. The smallest absolute Gasteiger partial charge is 0.188 e. The van der Waals surface area contributed by atoms with Crippen molar-refractivity contribution in [1.29, 1.82) is 0 Å². The molecule has 0 saturated heterocycles. The summed E-state index contributed by atoms with van der Waals surface area (Å²) in [5.74, 6) is -2.61. The predicted molar refractivity (Wildman–Crippen MR) is 102 cm³/mol. The molecule has 1 aliphatic heterocycles. The molecule has 1 unspecified atom stereocenters. The normalized spacial score (nSPS) is 26.9. The van der Waals surface area contributed by atoms with E-state index in [1.165, 1.54) is 24.3 Å². The standard InChI is InChI=1S/C20H20ClF2NO3S/c21-13-3-5-14(6-4-13)28(25,26)20-9-1-2-12(10-24)15(20)11-27-19-17(23)8-7-16(22)18(19)20/h3-8,12,15H,1-2,9-11,24H2/t12-,15?,20-/m0/s1. The molecule has 0 radical (unpaired) electrons. The topological polar surface area (TPSA) is 69.4 Å². The van der Waals surface area contributed by atoms with Gasteiger partial charge in [-0.05, 0) is 61.7 Å². The first-order valence-corrected chi connectivity index (χ1v) is 11.0. The lowest BCUT2D eigenvalue weighted by Crippen LogP contribution is -2.55. The minimum absolute atomic E-state index is 0.0242. The molecule has 1 fully saturated rings. The van der Waals surface area contributed by atoms with Crippen molar-refractivity contribution in [3.63, 3.8) is 0 Å². The maximum Gasteiger partial charge on any atom is 0.188 e. The first kappa shape index (κ1) is 19.6. The van der Waals surface area contributed by atoms with Gasteiger partial charge in [0.2, 0.25) is 0 Å². The van der Waals surface area contributed by atoms with Crippen molar-refractivity contribution in [3.8, 4) is 5.75 Å². The molecule has 150 valence electrons. The van der Waals surface area contributed by atoms with Gasteiger partial charge in [-0.3, -0.25) is 0 Å². The first-order valence-electron chi connectivity index (χ1n) is 9.14. The van der Waals surface area contributed by atoms with E-state index in [9.17, 15) is 12.8 Å². The van der Waals surface area contributed by atoms with Crippen LogP contribution in [-0.2, 0) is 14.6 Å². The van der Waals surface area contributed by atoms with Gasteiger partial charge >= 0.3 is 0 Å². The molecule has 3 atom stereocenters. The summed E-state index contributed by atoms with van der Waals surface area (Å²) in [5, 5.41) is 0.390. The van der Waals surface area contributed by atoms with Crippen LogP contribution in [0.15, 0.2) is 41.3 Å². The minimum Gasteiger partial charge on any atom is -0.490 e. The van der Waals surface area contributed by atoms with Gasteiger partial charge in [-0.2, -0.15) is 0 Å². The number of hydrogen-bond acceptors (Lipinski definition) is 4. The predicted octanol–water partition coefficient (Wildman–Crippen LogP) is 4.05. The van der Waals surface area contributed by atoms with Crippen LogP contribution in [0.5, 0.6) is 5.75 Å². The summed E-state index contributed by atoms with van der Waals surface area (Å²) in [5.41, 5.74) is 5.71. The molecule has 0 aromatic heterocycles. The number of hydrogen-bond donors (Lipinski definition) is 1. The van der Waals surface area contributed by atoms with Crippen molar-refractivity contribution in [3.05, 3.63) is 58.6 Å². The average Bonchev–Trinajstić information content (AvgIpc) is 2.69. The van der Waals surface area contributed by atoms with E-state index in [-0.39, 0.29) is 41.7 Å². The summed E-state index contributed by atoms with van der Waals surface area (Å²) >= 11 is 5.91. The Hall–Kier alpha value is -1.70. The maximum absolute atomic E-state index is 15.0. The highest BCUT2D eigenvalue weighted by molar-refractivity contribution is 7.92. The van der Waals surface area contributed by atoms with Crippen molar-refractivity contribution < 1.29 is 21.9 Å². The van der Waals surface area contributed by atoms with Gasteiger partial charge in [0, 0.05) is 10.9 Å². The number of nitrogens with two attached hydrogens (primary N) is 1. The Balaban J connectivity index is 2.04. The number of rotatable bonds is 3. The lowest BCUT2D eigenvalue weighted by Gasteiger charge is -2.50. The monoisotopic (exact) mass is 427 g/mol. The van der Waals surface area contributed by atoms with Crippen LogP contribution in [0.1, 0.15) is 24.8 Å². The quantitative estimate of drug-likeness (QED) is 0.802. The van der Waals surface area contributed by atoms with Crippen LogP contribution in [0.3, 0.4) is 0 Å². The third-order valence-electron chi connectivity index (χ3n) is 6.09. The van der Waals surface area contributed by atoms with E-state index >= 15 is 4.39 Å². The van der Waals surface area contributed by atoms with Gasteiger partial charge in [-0.25, -0.2) is 17.2 Å². The molecule has 4 rings (SSSR count). The van der Waals surface area contributed by atoms with Gasteiger partial charge in [0.25, 0.3) is 0 Å². The zero-order valence-corrected chi connectivity index (χ0v) is 16.6. The molecule has 8 heteroatoms. The largest absolute Gasteiger partial charge is 0.490 e. The summed E-state index contributed by atoms with van der Waals surface area (Å²) < 4.78 is 61.3. The Morgan fingerprint density at radius 2 is 1.82 bits per heavy atom. The highest BCUT2D eigenvalue weighted by Crippen LogP contribution is 2.57. The van der Waals surface area contributed by atoms with Crippen LogP contribution in [0.2, 0.25) is 5.02 Å². The molecule has 0 spiro atoms. The summed E-state index contributed by atoms with van der Waals surface area (Å²) in [6, 6.07) is 7.69. The molecule has 0 bridgehead atoms. The summed E-state index contributed by atoms with van der Waals surface area (Å²) in [4.78, 5) is 0.0242. The van der Waals surface area contributed by atoms with E-state index < -0.39 is 32.1 Å². The Labute approximate surface area is 167 Å². The van der Waals surface area contributed by atoms with Crippen molar-refractivity contribution in [2.75, 3.05) is 13.2 Å². The highest BCUT2D eigenvalue weighted by Gasteiger charge is 2.60. The van der Waals surface area contributed by atoms with E-state index in [4.69, 9.17) is 22.1 Å². The summed E-state index contributed by atoms with van der Waals surface area (Å²) in [6.07, 6.45) is 1.44. The van der Waals surface area contributed by atoms with Crippen molar-refractivity contribution in [1.82, 2.24) is 0 Å². The molecule has 4 nitrogen and oxygen atoms in total. The van der Waals surface area contributed by atoms with Crippen LogP contribution < -0.4 is 10.5 Å². The lowest BCUT2D eigenvalue weighted by atomic mass is 9.67. The lowest BCUT2D eigenvalue weighted by molar-refractivity contribution is 0.0787. The molecule has 2 aromatic carbocycles. The van der Waals surface area contributed by atoms with Crippen molar-refractivity contribution in [2.45, 2.75) is 28.9 Å². The maximum atomic E-state index is 15.0. The zero-order valence-electron chi connectivity index (χ0n) is 15.0. The molecule has 2 aliphatic rings. The number of halogens is 3. The highest BCUT2D eigenvalue weighted by atomic mass is 35.5. The first-order chi connectivity index (χ1) is 13.3. The number of sulfone groups is 1. The van der Waals surface area contributed by atoms with E-state index in [0.717, 1.165) is 12.1 Å². The van der Waals surface area contributed by atoms with Crippen LogP contribution in [-0.4, -0.2) is 21.6 Å². The van der Waals surface area contributed by atoms with Gasteiger partial charge in [-0.15, -0.1) is 0 Å². The van der Waals surface area contributed by atoms with Crippen molar-refractivity contribution in [2.24, 2.45) is 17.6 Å². The molecule has 1 heterocycles. The van der Waals surface area contributed by atoms with E-state index in [2.05, 4.69) is 0 Å². The van der Waals surface area contributed by atoms with Crippen LogP contribution in [0, 0.1) is 23.5 Å². The van der Waals surface area contributed by atoms with E-state index in [1.807, 2.05) is 0 Å². The van der Waals surface area contributed by atoms with E-state index in [0.29, 0.717) is 17.9 Å². The Morgan fingerprint density at radius 3 is 2.50 bits per heavy atom. The van der Waals surface area contributed by atoms with Gasteiger partial charge in [0.05, 0.1) is 17.1 Å². The van der Waals surface area contributed by atoms with Crippen molar-refractivity contribution >= 4 is 21.4 Å². The molecular formula is C20H20ClF2NO3S. The third-order valence-corrected chi connectivity index (χ3v) is 8.90. The summed E-state index contributed by atoms with van der Waals surface area (Å²) in [7, 11) is -4.10. The van der Waals surface area contributed by atoms with E-state index in [1.54, 1.807) is 0 Å². The average molecular weight is 428 g/mol. The molecular weight excluding hydrogens is 408 g/mol. The van der Waals surface area contributed by atoms with Gasteiger partial charge in [-0.1, -0.05) is 18.0 Å². The Bertz CT molecular complexity index is 1010. The number of ether oxygens (including phenoxy) is 1. The number of fused-ring (bicyclic) bond motifs is 3. The SMILES string of the molecule is NC[C@@H]1CCC[C@@]2(S(=O)(=O)c3ccc(Cl)cc3)c3c(F)ccc(F)c3OCC12.